The minimum absolute atomic E-state index is 0.0528. The third kappa shape index (κ3) is 2.95. The third-order valence-electron chi connectivity index (χ3n) is 4.12. The largest absolute Gasteiger partial charge is 0.456 e. The molecule has 2 aromatic heterocycles. The molecule has 3 aromatic rings. The van der Waals surface area contributed by atoms with Crippen LogP contribution in [0.3, 0.4) is 0 Å². The van der Waals surface area contributed by atoms with E-state index in [2.05, 4.69) is 4.98 Å². The fraction of sp³-hybridized carbons (Fsp3) is 0.333. The first-order valence-corrected chi connectivity index (χ1v) is 8.88. The monoisotopic (exact) mass is 342 g/mol. The van der Waals surface area contributed by atoms with Gasteiger partial charge in [0, 0.05) is 6.61 Å². The van der Waals surface area contributed by atoms with E-state index in [-0.39, 0.29) is 12.0 Å². The smallest absolute Gasteiger partial charge is 0.295 e. The fourth-order valence-electron chi connectivity index (χ4n) is 2.90. The average Bonchev–Trinajstić information content (AvgIpc) is 3.32. The highest BCUT2D eigenvalue weighted by Gasteiger charge is 2.28. The first-order valence-electron chi connectivity index (χ1n) is 8.06. The lowest BCUT2D eigenvalue weighted by atomic mass is 10.2. The van der Waals surface area contributed by atoms with Crippen molar-refractivity contribution in [3.8, 4) is 0 Å². The van der Waals surface area contributed by atoms with E-state index in [1.807, 2.05) is 31.2 Å². The van der Waals surface area contributed by atoms with Gasteiger partial charge in [0.2, 0.25) is 0 Å². The van der Waals surface area contributed by atoms with Crippen molar-refractivity contribution in [2.75, 3.05) is 18.1 Å². The van der Waals surface area contributed by atoms with Crippen molar-refractivity contribution in [1.82, 2.24) is 4.98 Å². The van der Waals surface area contributed by atoms with Crippen molar-refractivity contribution < 1.29 is 13.9 Å². The SMILES string of the molecule is Cc1ccc(C(=O)N(CC2CCCO2)c2nc3ccccc3s2)o1. The van der Waals surface area contributed by atoms with Gasteiger partial charge in [0.1, 0.15) is 5.76 Å². The molecule has 6 heteroatoms. The van der Waals surface area contributed by atoms with Crippen molar-refractivity contribution in [2.24, 2.45) is 0 Å². The van der Waals surface area contributed by atoms with Crippen LogP contribution in [-0.2, 0) is 4.74 Å². The van der Waals surface area contributed by atoms with Gasteiger partial charge < -0.3 is 9.15 Å². The number of furan rings is 1. The number of ether oxygens (including phenoxy) is 1. The van der Waals surface area contributed by atoms with Gasteiger partial charge in [-0.1, -0.05) is 23.5 Å². The summed E-state index contributed by atoms with van der Waals surface area (Å²) < 4.78 is 12.3. The Morgan fingerprint density at radius 2 is 2.21 bits per heavy atom. The quantitative estimate of drug-likeness (QED) is 0.718. The summed E-state index contributed by atoms with van der Waals surface area (Å²) in [6, 6.07) is 11.4. The predicted molar refractivity (Wildman–Crippen MR) is 93.7 cm³/mol. The minimum Gasteiger partial charge on any atom is -0.456 e. The van der Waals surface area contributed by atoms with E-state index in [4.69, 9.17) is 9.15 Å². The Hall–Kier alpha value is -2.18. The van der Waals surface area contributed by atoms with E-state index in [0.717, 1.165) is 35.4 Å². The number of carbonyl (C=O) groups is 1. The molecule has 0 saturated carbocycles. The Kier molecular flexibility index (Phi) is 4.08. The number of para-hydroxylation sites is 1. The number of carbonyl (C=O) groups excluding carboxylic acids is 1. The molecule has 1 aliphatic rings. The van der Waals surface area contributed by atoms with Crippen LogP contribution in [0.1, 0.15) is 29.2 Å². The maximum atomic E-state index is 13.0. The van der Waals surface area contributed by atoms with Crippen molar-refractivity contribution in [3.05, 3.63) is 47.9 Å². The normalized spacial score (nSPS) is 17.5. The van der Waals surface area contributed by atoms with E-state index >= 15 is 0 Å². The number of amides is 1. The third-order valence-corrected chi connectivity index (χ3v) is 5.18. The van der Waals surface area contributed by atoms with E-state index in [9.17, 15) is 4.79 Å². The average molecular weight is 342 g/mol. The molecule has 0 aliphatic carbocycles. The highest BCUT2D eigenvalue weighted by molar-refractivity contribution is 7.22. The summed E-state index contributed by atoms with van der Waals surface area (Å²) in [5.74, 6) is 0.891. The molecular weight excluding hydrogens is 324 g/mol. The topological polar surface area (TPSA) is 55.6 Å². The van der Waals surface area contributed by atoms with Crippen molar-refractivity contribution in [2.45, 2.75) is 25.9 Å². The number of aryl methyl sites for hydroxylation is 1. The Morgan fingerprint density at radius 3 is 2.92 bits per heavy atom. The molecule has 0 bridgehead atoms. The summed E-state index contributed by atoms with van der Waals surface area (Å²) in [5.41, 5.74) is 0.901. The molecule has 1 atom stereocenters. The zero-order chi connectivity index (χ0) is 16.5. The molecule has 1 amide bonds. The number of hydrogen-bond donors (Lipinski definition) is 0. The van der Waals surface area contributed by atoms with Crippen LogP contribution in [0.25, 0.3) is 10.2 Å². The van der Waals surface area contributed by atoms with Gasteiger partial charge in [-0.2, -0.15) is 0 Å². The molecule has 1 aliphatic heterocycles. The molecule has 5 nitrogen and oxygen atoms in total. The molecule has 124 valence electrons. The summed E-state index contributed by atoms with van der Waals surface area (Å²) in [6.45, 7) is 3.09. The second-order valence-corrected chi connectivity index (χ2v) is 6.93. The summed E-state index contributed by atoms with van der Waals surface area (Å²) in [6.07, 6.45) is 2.05. The number of aromatic nitrogens is 1. The zero-order valence-electron chi connectivity index (χ0n) is 13.4. The first-order chi connectivity index (χ1) is 11.7. The van der Waals surface area contributed by atoms with Gasteiger partial charge in [0.15, 0.2) is 10.9 Å². The van der Waals surface area contributed by atoms with Gasteiger partial charge in [-0.05, 0) is 44.0 Å². The Morgan fingerprint density at radius 1 is 1.33 bits per heavy atom. The maximum Gasteiger partial charge on any atom is 0.295 e. The molecule has 3 heterocycles. The van der Waals surface area contributed by atoms with Crippen LogP contribution in [0.2, 0.25) is 0 Å². The van der Waals surface area contributed by atoms with E-state index < -0.39 is 0 Å². The highest BCUT2D eigenvalue weighted by atomic mass is 32.1. The van der Waals surface area contributed by atoms with Crippen molar-refractivity contribution >= 4 is 32.6 Å². The first kappa shape index (κ1) is 15.4. The number of nitrogens with zero attached hydrogens (tertiary/aromatic N) is 2. The summed E-state index contributed by atoms with van der Waals surface area (Å²) in [5, 5.41) is 0.686. The maximum absolute atomic E-state index is 13.0. The highest BCUT2D eigenvalue weighted by Crippen LogP contribution is 2.31. The molecule has 4 rings (SSSR count). The number of rotatable bonds is 4. The Balaban J connectivity index is 1.69. The zero-order valence-corrected chi connectivity index (χ0v) is 14.2. The van der Waals surface area contributed by atoms with Gasteiger partial charge in [0.25, 0.3) is 5.91 Å². The lowest BCUT2D eigenvalue weighted by molar-refractivity contribution is 0.0894. The Labute approximate surface area is 143 Å². The van der Waals surface area contributed by atoms with Crippen LogP contribution < -0.4 is 4.90 Å². The Bertz CT molecular complexity index is 831. The summed E-state index contributed by atoms with van der Waals surface area (Å²) in [7, 11) is 0. The standard InChI is InChI=1S/C18H18N2O3S/c1-12-8-9-15(23-12)17(21)20(11-13-5-4-10-22-13)18-19-14-6-2-3-7-16(14)24-18/h2-3,6-9,13H,4-5,10-11H2,1H3. The predicted octanol–water partition coefficient (Wildman–Crippen LogP) is 4.02. The summed E-state index contributed by atoms with van der Waals surface area (Å²) in [4.78, 5) is 19.3. The number of fused-ring (bicyclic) bond motifs is 1. The van der Waals surface area contributed by atoms with E-state index in [0.29, 0.717) is 17.4 Å². The van der Waals surface area contributed by atoms with E-state index in [1.54, 1.807) is 17.0 Å². The van der Waals surface area contributed by atoms with Crippen molar-refractivity contribution in [3.63, 3.8) is 0 Å². The van der Waals surface area contributed by atoms with Crippen LogP contribution in [0.4, 0.5) is 5.13 Å². The van der Waals surface area contributed by atoms with Gasteiger partial charge in [-0.15, -0.1) is 0 Å². The molecule has 1 fully saturated rings. The molecular formula is C18H18N2O3S. The van der Waals surface area contributed by atoms with Crippen LogP contribution >= 0.6 is 11.3 Å². The second-order valence-electron chi connectivity index (χ2n) is 5.93. The molecule has 0 N–H and O–H groups in total. The van der Waals surface area contributed by atoms with Crippen molar-refractivity contribution in [1.29, 1.82) is 0 Å². The number of thiazole rings is 1. The fourth-order valence-corrected chi connectivity index (χ4v) is 3.87. The molecule has 0 spiro atoms. The lowest BCUT2D eigenvalue weighted by Crippen LogP contribution is -2.37. The van der Waals surface area contributed by atoms with Gasteiger partial charge in [-0.25, -0.2) is 4.98 Å². The summed E-state index contributed by atoms with van der Waals surface area (Å²) >= 11 is 1.52. The number of hydrogen-bond acceptors (Lipinski definition) is 5. The molecule has 1 unspecified atom stereocenters. The molecule has 1 aromatic carbocycles. The molecule has 0 radical (unpaired) electrons. The van der Waals surface area contributed by atoms with Crippen LogP contribution in [0.15, 0.2) is 40.8 Å². The van der Waals surface area contributed by atoms with Gasteiger partial charge in [0.05, 0.1) is 22.9 Å². The number of anilines is 1. The second kappa shape index (κ2) is 6.37. The molecule has 24 heavy (non-hydrogen) atoms. The van der Waals surface area contributed by atoms with Crippen LogP contribution in [0.5, 0.6) is 0 Å². The van der Waals surface area contributed by atoms with E-state index in [1.165, 1.54) is 11.3 Å². The minimum atomic E-state index is -0.169. The van der Waals surface area contributed by atoms with Crippen LogP contribution in [-0.4, -0.2) is 30.1 Å². The lowest BCUT2D eigenvalue weighted by Gasteiger charge is -2.22. The molecule has 1 saturated heterocycles. The van der Waals surface area contributed by atoms with Gasteiger partial charge >= 0.3 is 0 Å². The van der Waals surface area contributed by atoms with Gasteiger partial charge in [-0.3, -0.25) is 9.69 Å². The number of benzene rings is 1. The van der Waals surface area contributed by atoms with Crippen LogP contribution in [0, 0.1) is 6.92 Å².